The highest BCUT2D eigenvalue weighted by atomic mass is 16.6. The van der Waals surface area contributed by atoms with Crippen LogP contribution in [-0.4, -0.2) is 70.4 Å². The summed E-state index contributed by atoms with van der Waals surface area (Å²) < 4.78 is 33.2. The number of cyclic esters (lactones) is 2. The second-order valence-electron chi connectivity index (χ2n) is 12.8. The van der Waals surface area contributed by atoms with Gasteiger partial charge in [-0.15, -0.1) is 0 Å². The first kappa shape index (κ1) is 41.2. The van der Waals surface area contributed by atoms with Gasteiger partial charge in [0.1, 0.15) is 0 Å². The molecular formula is C39H66O8. The van der Waals surface area contributed by atoms with Gasteiger partial charge in [0.15, 0.2) is 12.2 Å². The molecule has 1 fully saturated rings. The number of carbonyl (C=O) groups excluding carboxylic acids is 2. The molecule has 0 N–H and O–H groups in total. The minimum absolute atomic E-state index is 0.376. The average molecular weight is 663 g/mol. The minimum atomic E-state index is -0.755. The molecule has 270 valence electrons. The van der Waals surface area contributed by atoms with Crippen molar-refractivity contribution in [3.05, 3.63) is 35.9 Å². The summed E-state index contributed by atoms with van der Waals surface area (Å²) in [6.07, 6.45) is 21.4. The van der Waals surface area contributed by atoms with Gasteiger partial charge in [0.05, 0.1) is 46.2 Å². The summed E-state index contributed by atoms with van der Waals surface area (Å²) in [5.74, 6) is -0.760. The van der Waals surface area contributed by atoms with Crippen LogP contribution in [0.25, 0.3) is 0 Å². The molecule has 47 heavy (non-hydrogen) atoms. The van der Waals surface area contributed by atoms with E-state index < -0.39 is 12.2 Å². The average Bonchev–Trinajstić information content (AvgIpc) is 3.08. The zero-order chi connectivity index (χ0) is 33.5. The molecule has 1 saturated heterocycles. The zero-order valence-electron chi connectivity index (χ0n) is 29.6. The molecule has 0 spiro atoms. The lowest BCUT2D eigenvalue weighted by Crippen LogP contribution is -2.43. The van der Waals surface area contributed by atoms with Crippen LogP contribution < -0.4 is 0 Å². The van der Waals surface area contributed by atoms with Crippen LogP contribution in [0.15, 0.2) is 30.3 Å². The van der Waals surface area contributed by atoms with Crippen molar-refractivity contribution in [2.45, 2.75) is 154 Å². The van der Waals surface area contributed by atoms with E-state index >= 15 is 0 Å². The fraction of sp³-hybridized carbons (Fsp3) is 0.795. The van der Waals surface area contributed by atoms with E-state index in [2.05, 4.69) is 6.92 Å². The molecule has 0 amide bonds. The van der Waals surface area contributed by atoms with Crippen molar-refractivity contribution in [2.75, 3.05) is 46.2 Å². The lowest BCUT2D eigenvalue weighted by Gasteiger charge is -2.27. The summed E-state index contributed by atoms with van der Waals surface area (Å²) in [6.45, 7) is 6.85. The molecule has 2 atom stereocenters. The van der Waals surface area contributed by atoms with E-state index in [4.69, 9.17) is 28.4 Å². The maximum atomic E-state index is 12.4. The normalized spacial score (nSPS) is 16.4. The van der Waals surface area contributed by atoms with E-state index in [1.165, 1.54) is 77.0 Å². The van der Waals surface area contributed by atoms with Gasteiger partial charge in [0.25, 0.3) is 0 Å². The third-order valence-corrected chi connectivity index (χ3v) is 8.60. The first-order valence-electron chi connectivity index (χ1n) is 19.0. The quantitative estimate of drug-likeness (QED) is 0.0545. The van der Waals surface area contributed by atoms with Crippen LogP contribution in [0.5, 0.6) is 0 Å². The molecule has 0 radical (unpaired) electrons. The van der Waals surface area contributed by atoms with Gasteiger partial charge in [0.2, 0.25) is 0 Å². The molecule has 8 heteroatoms. The van der Waals surface area contributed by atoms with Crippen LogP contribution in [0.4, 0.5) is 0 Å². The Kier molecular flexibility index (Phi) is 26.4. The molecule has 1 aliphatic rings. The molecule has 8 nitrogen and oxygen atoms in total. The van der Waals surface area contributed by atoms with Crippen molar-refractivity contribution in [1.82, 2.24) is 0 Å². The van der Waals surface area contributed by atoms with Gasteiger partial charge in [-0.3, -0.25) is 0 Å². The molecule has 1 aromatic rings. The Hall–Kier alpha value is -2.00. The Balaban J connectivity index is 1.29. The van der Waals surface area contributed by atoms with Crippen LogP contribution in [-0.2, 0) is 44.6 Å². The van der Waals surface area contributed by atoms with E-state index in [1.807, 2.05) is 30.3 Å². The van der Waals surface area contributed by atoms with Gasteiger partial charge in [-0.2, -0.15) is 0 Å². The van der Waals surface area contributed by atoms with Crippen molar-refractivity contribution in [1.29, 1.82) is 0 Å². The molecule has 1 aliphatic heterocycles. The van der Waals surface area contributed by atoms with Crippen LogP contribution in [0.3, 0.4) is 0 Å². The van der Waals surface area contributed by atoms with Gasteiger partial charge in [-0.25, -0.2) is 9.59 Å². The number of hydrogen-bond donors (Lipinski definition) is 0. The molecule has 0 bridgehead atoms. The van der Waals surface area contributed by atoms with Gasteiger partial charge < -0.3 is 28.4 Å². The Bertz CT molecular complexity index is 864. The van der Waals surface area contributed by atoms with Crippen LogP contribution in [0.2, 0.25) is 0 Å². The zero-order valence-corrected chi connectivity index (χ0v) is 29.6. The van der Waals surface area contributed by atoms with E-state index in [1.54, 1.807) is 0 Å². The monoisotopic (exact) mass is 662 g/mol. The second-order valence-corrected chi connectivity index (χ2v) is 12.8. The van der Waals surface area contributed by atoms with Gasteiger partial charge in [-0.05, 0) is 37.7 Å². The van der Waals surface area contributed by atoms with E-state index in [0.29, 0.717) is 65.7 Å². The number of carbonyl (C=O) groups is 2. The summed E-state index contributed by atoms with van der Waals surface area (Å²) in [4.78, 5) is 24.8. The Morgan fingerprint density at radius 3 is 1.32 bits per heavy atom. The summed E-state index contributed by atoms with van der Waals surface area (Å²) in [5.41, 5.74) is 1.16. The van der Waals surface area contributed by atoms with Crippen molar-refractivity contribution in [3.63, 3.8) is 0 Å². The number of hydrogen-bond acceptors (Lipinski definition) is 8. The lowest BCUT2D eigenvalue weighted by molar-refractivity contribution is -0.196. The highest BCUT2D eigenvalue weighted by Gasteiger charge is 2.37. The summed E-state index contributed by atoms with van der Waals surface area (Å²) in [6, 6.07) is 10.1. The van der Waals surface area contributed by atoms with Crippen molar-refractivity contribution >= 4 is 11.9 Å². The molecule has 2 unspecified atom stereocenters. The third kappa shape index (κ3) is 23.1. The number of ether oxygens (including phenoxy) is 6. The van der Waals surface area contributed by atoms with Crippen molar-refractivity contribution in [2.24, 2.45) is 0 Å². The maximum Gasteiger partial charge on any atom is 0.348 e. The fourth-order valence-corrected chi connectivity index (χ4v) is 5.72. The maximum absolute atomic E-state index is 12.4. The van der Waals surface area contributed by atoms with Crippen LogP contribution in [0.1, 0.15) is 141 Å². The molecule has 2 rings (SSSR count). The predicted molar refractivity (Wildman–Crippen MR) is 186 cm³/mol. The van der Waals surface area contributed by atoms with Gasteiger partial charge in [-0.1, -0.05) is 134 Å². The summed E-state index contributed by atoms with van der Waals surface area (Å²) >= 11 is 0. The molecule has 0 aromatic heterocycles. The SMILES string of the molecule is CCCCCCCCCCCCCCCCC1OC(=O)C(CCCCCCOCCOCCOCCOCc2ccccc2)OC1=O. The first-order valence-corrected chi connectivity index (χ1v) is 19.0. The predicted octanol–water partition coefficient (Wildman–Crippen LogP) is 8.91. The number of benzene rings is 1. The standard InChI is InChI=1S/C39H66O8/c1-2-3-4-5-6-7-8-9-10-11-12-13-14-20-25-36-38(40)47-37(39(41)46-36)26-21-15-16-22-27-42-28-29-43-30-31-44-32-33-45-34-35-23-18-17-19-24-35/h17-19,23-24,36-37H,2-16,20-22,25-34H2,1H3. The Morgan fingerprint density at radius 1 is 0.468 bits per heavy atom. The van der Waals surface area contributed by atoms with E-state index in [9.17, 15) is 9.59 Å². The van der Waals surface area contributed by atoms with Gasteiger partial charge >= 0.3 is 11.9 Å². The molecule has 0 aliphatic carbocycles. The summed E-state index contributed by atoms with van der Waals surface area (Å²) in [7, 11) is 0. The largest absolute Gasteiger partial charge is 0.448 e. The highest BCUT2D eigenvalue weighted by Crippen LogP contribution is 2.21. The number of esters is 2. The van der Waals surface area contributed by atoms with Crippen molar-refractivity contribution in [3.8, 4) is 0 Å². The highest BCUT2D eigenvalue weighted by molar-refractivity contribution is 5.87. The van der Waals surface area contributed by atoms with E-state index in [-0.39, 0.29) is 11.9 Å². The van der Waals surface area contributed by atoms with Gasteiger partial charge in [0, 0.05) is 6.61 Å². The molecule has 1 heterocycles. The lowest BCUT2D eigenvalue weighted by atomic mass is 10.0. The van der Waals surface area contributed by atoms with Crippen LogP contribution >= 0.6 is 0 Å². The van der Waals surface area contributed by atoms with Crippen molar-refractivity contribution < 1.29 is 38.0 Å². The molecular weight excluding hydrogens is 596 g/mol. The summed E-state index contributed by atoms with van der Waals surface area (Å²) in [5, 5.41) is 0. The minimum Gasteiger partial charge on any atom is -0.448 e. The van der Waals surface area contributed by atoms with Crippen LogP contribution in [0, 0.1) is 0 Å². The van der Waals surface area contributed by atoms with E-state index in [0.717, 1.165) is 44.1 Å². The molecule has 1 aromatic carbocycles. The number of rotatable bonds is 33. The second kappa shape index (κ2) is 30.1. The topological polar surface area (TPSA) is 89.5 Å². The Morgan fingerprint density at radius 2 is 0.851 bits per heavy atom. The number of unbranched alkanes of at least 4 members (excludes halogenated alkanes) is 16. The first-order chi connectivity index (χ1) is 23.2. The smallest absolute Gasteiger partial charge is 0.348 e. The Labute approximate surface area is 285 Å². The molecule has 0 saturated carbocycles. The fourth-order valence-electron chi connectivity index (χ4n) is 5.72. The third-order valence-electron chi connectivity index (χ3n) is 8.60.